The third-order valence-electron chi connectivity index (χ3n) is 7.28. The predicted octanol–water partition coefficient (Wildman–Crippen LogP) is 4.73. The largest absolute Gasteiger partial charge is 0.490 e. The number of nitriles is 1. The summed E-state index contributed by atoms with van der Waals surface area (Å²) < 4.78 is 20.7. The minimum atomic E-state index is -0.172. The standard InChI is InChI=1S/C30H28N8O4S/c31-16-22-15-20(6-8-23(22)40-13-14-42-28-3-1-2-12-41-28)21-7-9-26-34-35-30(37(26)17-21)43-27-11-10-25-32-24(18-38(25)36-27)33-29(39)19-4-5-19/h6-11,15,17-19,28H,1-5,12-14H2,(H,33,39). The first-order valence-corrected chi connectivity index (χ1v) is 15.0. The van der Waals surface area contributed by atoms with Gasteiger partial charge < -0.3 is 19.5 Å². The number of hydrogen-bond donors (Lipinski definition) is 1. The fourth-order valence-corrected chi connectivity index (χ4v) is 5.63. The van der Waals surface area contributed by atoms with Gasteiger partial charge in [-0.1, -0.05) is 6.07 Å². The van der Waals surface area contributed by atoms with Gasteiger partial charge >= 0.3 is 0 Å². The van der Waals surface area contributed by atoms with Gasteiger partial charge in [-0.05, 0) is 91.4 Å². The number of benzene rings is 1. The summed E-state index contributed by atoms with van der Waals surface area (Å²) in [5.74, 6) is 1.10. The lowest BCUT2D eigenvalue weighted by molar-refractivity contribution is -0.165. The molecular weight excluding hydrogens is 568 g/mol. The second-order valence-corrected chi connectivity index (χ2v) is 11.4. The highest BCUT2D eigenvalue weighted by atomic mass is 32.2. The number of aromatic nitrogens is 6. The van der Waals surface area contributed by atoms with Crippen LogP contribution >= 0.6 is 11.8 Å². The van der Waals surface area contributed by atoms with Crippen LogP contribution in [-0.4, -0.2) is 61.2 Å². The van der Waals surface area contributed by atoms with Crippen LogP contribution < -0.4 is 10.1 Å². The van der Waals surface area contributed by atoms with Gasteiger partial charge in [-0.25, -0.2) is 9.50 Å². The Kier molecular flexibility index (Phi) is 7.63. The van der Waals surface area contributed by atoms with Crippen LogP contribution in [0.3, 0.4) is 0 Å². The number of fused-ring (bicyclic) bond motifs is 2. The number of carbonyl (C=O) groups is 1. The highest BCUT2D eigenvalue weighted by Crippen LogP contribution is 2.31. The molecule has 7 rings (SSSR count). The minimum absolute atomic E-state index is 0.00259. The number of imidazole rings is 1. The van der Waals surface area contributed by atoms with Crippen LogP contribution in [0.2, 0.25) is 0 Å². The molecule has 218 valence electrons. The third-order valence-corrected chi connectivity index (χ3v) is 8.17. The molecule has 2 aliphatic rings. The lowest BCUT2D eigenvalue weighted by Gasteiger charge is -2.22. The van der Waals surface area contributed by atoms with E-state index in [9.17, 15) is 10.1 Å². The van der Waals surface area contributed by atoms with Crippen molar-refractivity contribution < 1.29 is 19.0 Å². The molecule has 1 aliphatic heterocycles. The average molecular weight is 597 g/mol. The lowest BCUT2D eigenvalue weighted by Crippen LogP contribution is -2.24. The summed E-state index contributed by atoms with van der Waals surface area (Å²) in [4.78, 5) is 16.5. The summed E-state index contributed by atoms with van der Waals surface area (Å²) in [5, 5.41) is 27.3. The van der Waals surface area contributed by atoms with Crippen molar-refractivity contribution in [2.75, 3.05) is 25.1 Å². The van der Waals surface area contributed by atoms with Crippen LogP contribution in [0.5, 0.6) is 5.75 Å². The van der Waals surface area contributed by atoms with Crippen molar-refractivity contribution in [3.63, 3.8) is 0 Å². The Balaban J connectivity index is 1.05. The Morgan fingerprint density at radius 2 is 1.93 bits per heavy atom. The Labute approximate surface area is 251 Å². The van der Waals surface area contributed by atoms with Crippen LogP contribution in [0.4, 0.5) is 5.82 Å². The van der Waals surface area contributed by atoms with Gasteiger partial charge in [0.15, 0.2) is 23.4 Å². The maximum absolute atomic E-state index is 12.1. The van der Waals surface area contributed by atoms with E-state index in [1.54, 1.807) is 10.7 Å². The number of pyridine rings is 1. The molecule has 5 heterocycles. The highest BCUT2D eigenvalue weighted by Gasteiger charge is 2.30. The van der Waals surface area contributed by atoms with E-state index < -0.39 is 0 Å². The minimum Gasteiger partial charge on any atom is -0.490 e. The molecule has 1 atom stereocenters. The van der Waals surface area contributed by atoms with Crippen molar-refractivity contribution >= 4 is 34.8 Å². The van der Waals surface area contributed by atoms with Crippen molar-refractivity contribution in [3.8, 4) is 22.9 Å². The number of nitrogens with one attached hydrogen (secondary N) is 1. The van der Waals surface area contributed by atoms with Gasteiger partial charge in [0.25, 0.3) is 0 Å². The molecule has 4 aromatic heterocycles. The first-order chi connectivity index (χ1) is 21.1. The average Bonchev–Trinajstić information content (AvgIpc) is 3.71. The van der Waals surface area contributed by atoms with Crippen LogP contribution in [0, 0.1) is 17.2 Å². The summed E-state index contributed by atoms with van der Waals surface area (Å²) in [6, 6.07) is 15.3. The summed E-state index contributed by atoms with van der Waals surface area (Å²) in [6.07, 6.45) is 8.40. The summed E-state index contributed by atoms with van der Waals surface area (Å²) in [7, 11) is 0. The molecule has 43 heavy (non-hydrogen) atoms. The van der Waals surface area contributed by atoms with Crippen molar-refractivity contribution in [3.05, 3.63) is 60.4 Å². The number of anilines is 1. The number of carbonyl (C=O) groups excluding carboxylic acids is 1. The van der Waals surface area contributed by atoms with Gasteiger partial charge in [-0.3, -0.25) is 9.20 Å². The maximum Gasteiger partial charge on any atom is 0.228 e. The second-order valence-electron chi connectivity index (χ2n) is 10.4. The van der Waals surface area contributed by atoms with E-state index in [-0.39, 0.29) is 18.1 Å². The predicted molar refractivity (Wildman–Crippen MR) is 157 cm³/mol. The molecule has 13 heteroatoms. The Bertz CT molecular complexity index is 1840. The zero-order chi connectivity index (χ0) is 29.2. The van der Waals surface area contributed by atoms with Crippen molar-refractivity contribution in [1.82, 2.24) is 29.2 Å². The van der Waals surface area contributed by atoms with Gasteiger partial charge in [-0.15, -0.1) is 10.2 Å². The summed E-state index contributed by atoms with van der Waals surface area (Å²) in [5.41, 5.74) is 3.51. The van der Waals surface area contributed by atoms with E-state index in [2.05, 4.69) is 31.7 Å². The molecule has 1 aliphatic carbocycles. The lowest BCUT2D eigenvalue weighted by atomic mass is 10.0. The van der Waals surface area contributed by atoms with Crippen molar-refractivity contribution in [1.29, 1.82) is 5.26 Å². The van der Waals surface area contributed by atoms with Crippen LogP contribution in [0.1, 0.15) is 37.7 Å². The first-order valence-electron chi connectivity index (χ1n) is 14.2. The van der Waals surface area contributed by atoms with Gasteiger partial charge in [0.1, 0.15) is 23.5 Å². The zero-order valence-corrected chi connectivity index (χ0v) is 24.0. The van der Waals surface area contributed by atoms with E-state index >= 15 is 0 Å². The molecule has 1 amide bonds. The molecule has 2 fully saturated rings. The van der Waals surface area contributed by atoms with Gasteiger partial charge in [0.2, 0.25) is 11.1 Å². The Hall–Kier alpha value is -4.51. The molecule has 1 saturated carbocycles. The second kappa shape index (κ2) is 12.0. The molecular formula is C30H28N8O4S. The molecule has 0 spiro atoms. The third kappa shape index (κ3) is 6.17. The molecule has 1 N–H and O–H groups in total. The van der Waals surface area contributed by atoms with Crippen LogP contribution in [0.25, 0.3) is 22.4 Å². The van der Waals surface area contributed by atoms with Gasteiger partial charge in [-0.2, -0.15) is 10.4 Å². The molecule has 1 unspecified atom stereocenters. The quantitative estimate of drug-likeness (QED) is 0.225. The zero-order valence-electron chi connectivity index (χ0n) is 23.2. The molecule has 1 saturated heterocycles. The monoisotopic (exact) mass is 596 g/mol. The van der Waals surface area contributed by atoms with E-state index in [1.165, 1.54) is 11.8 Å². The van der Waals surface area contributed by atoms with Crippen LogP contribution in [-0.2, 0) is 14.3 Å². The molecule has 12 nitrogen and oxygen atoms in total. The Morgan fingerprint density at radius 3 is 2.77 bits per heavy atom. The molecule has 5 aromatic rings. The number of rotatable bonds is 10. The fraction of sp³-hybridized carbons (Fsp3) is 0.333. The first kappa shape index (κ1) is 27.3. The van der Waals surface area contributed by atoms with E-state index in [0.29, 0.717) is 51.8 Å². The Morgan fingerprint density at radius 1 is 1.05 bits per heavy atom. The number of amides is 1. The fourth-order valence-electron chi connectivity index (χ4n) is 4.85. The SMILES string of the molecule is N#Cc1cc(-c2ccc3nnc(Sc4ccc5nc(NC(=O)C6CC6)cn5n4)n3c2)ccc1OCCOC1CCCCO1. The molecule has 0 bridgehead atoms. The highest BCUT2D eigenvalue weighted by molar-refractivity contribution is 7.99. The summed E-state index contributed by atoms with van der Waals surface area (Å²) in [6.45, 7) is 1.45. The molecule has 0 radical (unpaired) electrons. The number of ether oxygens (including phenoxy) is 3. The van der Waals surface area contributed by atoms with E-state index in [0.717, 1.165) is 49.8 Å². The maximum atomic E-state index is 12.1. The van der Waals surface area contributed by atoms with E-state index in [4.69, 9.17) is 14.2 Å². The van der Waals surface area contributed by atoms with E-state index in [1.807, 2.05) is 53.1 Å². The van der Waals surface area contributed by atoms with Gasteiger partial charge in [0.05, 0.1) is 18.4 Å². The number of nitrogens with zero attached hydrogens (tertiary/aromatic N) is 7. The summed E-state index contributed by atoms with van der Waals surface area (Å²) >= 11 is 1.36. The van der Waals surface area contributed by atoms with Crippen molar-refractivity contribution in [2.45, 2.75) is 48.6 Å². The van der Waals surface area contributed by atoms with Crippen LogP contribution in [0.15, 0.2) is 65.0 Å². The van der Waals surface area contributed by atoms with Crippen molar-refractivity contribution in [2.24, 2.45) is 5.92 Å². The molecule has 1 aromatic carbocycles. The normalized spacial score (nSPS) is 16.8. The number of hydrogen-bond acceptors (Lipinski definition) is 10. The topological polar surface area (TPSA) is 141 Å². The van der Waals surface area contributed by atoms with Gasteiger partial charge in [0, 0.05) is 18.7 Å². The smallest absolute Gasteiger partial charge is 0.228 e.